The van der Waals surface area contributed by atoms with Gasteiger partial charge in [0.1, 0.15) is 0 Å². The summed E-state index contributed by atoms with van der Waals surface area (Å²) in [7, 11) is 0. The smallest absolute Gasteiger partial charge is 0.251 e. The van der Waals surface area contributed by atoms with Crippen LogP contribution in [0.2, 0.25) is 0 Å². The molecule has 1 aliphatic heterocycles. The summed E-state index contributed by atoms with van der Waals surface area (Å²) in [6.07, 6.45) is 0.702. The lowest BCUT2D eigenvalue weighted by molar-refractivity contribution is 0.502. The van der Waals surface area contributed by atoms with Gasteiger partial charge in [-0.05, 0) is 11.8 Å². The summed E-state index contributed by atoms with van der Waals surface area (Å²) in [6.45, 7) is 4.05. The third-order valence-electron chi connectivity index (χ3n) is 2.83. The minimum absolute atomic E-state index is 0.488. The molecule has 3 rings (SSSR count). The van der Waals surface area contributed by atoms with E-state index in [1.165, 1.54) is 0 Å². The largest absolute Gasteiger partial charge is 0.422 e. The van der Waals surface area contributed by atoms with Crippen LogP contribution >= 0.6 is 11.8 Å². The predicted molar refractivity (Wildman–Crippen MR) is 79.7 cm³/mol. The molecule has 20 heavy (non-hydrogen) atoms. The van der Waals surface area contributed by atoms with E-state index < -0.39 is 0 Å². The second-order valence-electron chi connectivity index (χ2n) is 4.16. The molecule has 0 saturated heterocycles. The van der Waals surface area contributed by atoms with E-state index in [1.807, 2.05) is 31.2 Å². The van der Waals surface area contributed by atoms with E-state index >= 15 is 0 Å². The number of fused-ring (bicyclic) bond motifs is 3. The predicted octanol–water partition coefficient (Wildman–Crippen LogP) is 3.48. The average Bonchev–Trinajstić information content (AvgIpc) is 2.63. The summed E-state index contributed by atoms with van der Waals surface area (Å²) in [5, 5.41) is 9.05. The molecule has 5 nitrogen and oxygen atoms in total. The maximum atomic E-state index is 5.80. The molecule has 0 radical (unpaired) electrons. The first-order valence-corrected chi connectivity index (χ1v) is 7.52. The van der Waals surface area contributed by atoms with E-state index in [-0.39, 0.29) is 0 Å². The van der Waals surface area contributed by atoms with Crippen molar-refractivity contribution in [3.8, 4) is 17.1 Å². The highest BCUT2D eigenvalue weighted by molar-refractivity contribution is 7.99. The highest BCUT2D eigenvalue weighted by Crippen LogP contribution is 2.36. The van der Waals surface area contributed by atoms with Gasteiger partial charge in [0.25, 0.3) is 5.88 Å². The van der Waals surface area contributed by atoms with Crippen LogP contribution in [0.5, 0.6) is 5.88 Å². The van der Waals surface area contributed by atoms with Crippen molar-refractivity contribution in [3.05, 3.63) is 24.3 Å². The molecular weight excluding hydrogens is 272 g/mol. The van der Waals surface area contributed by atoms with Crippen LogP contribution in [0.4, 0.5) is 5.69 Å². The van der Waals surface area contributed by atoms with Crippen LogP contribution in [0.25, 0.3) is 11.3 Å². The number of nitrogens with zero attached hydrogens (tertiary/aromatic N) is 4. The minimum Gasteiger partial charge on any atom is -0.422 e. The van der Waals surface area contributed by atoms with Crippen LogP contribution in [-0.4, -0.2) is 26.8 Å². The maximum Gasteiger partial charge on any atom is 0.251 e. The molecule has 2 heterocycles. The Hall–Kier alpha value is -1.95. The zero-order valence-electron chi connectivity index (χ0n) is 11.3. The molecule has 1 aromatic heterocycles. The van der Waals surface area contributed by atoms with Crippen molar-refractivity contribution in [1.29, 1.82) is 0 Å². The van der Waals surface area contributed by atoms with Crippen molar-refractivity contribution in [2.45, 2.75) is 25.4 Å². The van der Waals surface area contributed by atoms with Gasteiger partial charge < -0.3 is 4.74 Å². The van der Waals surface area contributed by atoms with Crippen LogP contribution in [0.3, 0.4) is 0 Å². The number of benzene rings is 1. The fourth-order valence-corrected chi connectivity index (χ4v) is 2.42. The first-order chi connectivity index (χ1) is 9.81. The number of para-hydroxylation sites is 1. The summed E-state index contributed by atoms with van der Waals surface area (Å²) >= 11 is 1.54. The van der Waals surface area contributed by atoms with Gasteiger partial charge >= 0.3 is 0 Å². The third kappa shape index (κ3) is 2.38. The van der Waals surface area contributed by atoms with Gasteiger partial charge in [-0.1, -0.05) is 43.8 Å². The molecule has 0 saturated carbocycles. The van der Waals surface area contributed by atoms with Crippen molar-refractivity contribution >= 4 is 23.3 Å². The molecule has 1 aliphatic rings. The van der Waals surface area contributed by atoms with Gasteiger partial charge in [-0.2, -0.15) is 4.98 Å². The Labute approximate surface area is 121 Å². The summed E-state index contributed by atoms with van der Waals surface area (Å²) in [4.78, 5) is 8.97. The van der Waals surface area contributed by atoms with Crippen molar-refractivity contribution in [1.82, 2.24) is 15.2 Å². The van der Waals surface area contributed by atoms with Gasteiger partial charge in [0.05, 0.1) is 5.69 Å². The van der Waals surface area contributed by atoms with E-state index in [2.05, 4.69) is 27.1 Å². The Kier molecular flexibility index (Phi) is 3.64. The topological polar surface area (TPSA) is 60.3 Å². The molecule has 0 amide bonds. The van der Waals surface area contributed by atoms with E-state index in [1.54, 1.807) is 11.8 Å². The molecule has 0 fully saturated rings. The zero-order valence-corrected chi connectivity index (χ0v) is 12.1. The maximum absolute atomic E-state index is 5.80. The summed E-state index contributed by atoms with van der Waals surface area (Å²) < 4.78 is 5.80. The van der Waals surface area contributed by atoms with Gasteiger partial charge in [-0.25, -0.2) is 4.99 Å². The van der Waals surface area contributed by atoms with E-state index in [0.717, 1.165) is 17.0 Å². The van der Waals surface area contributed by atoms with Crippen LogP contribution in [0, 0.1) is 0 Å². The second kappa shape index (κ2) is 5.58. The molecule has 6 heteroatoms. The molecular formula is C14H14N4OS. The Morgan fingerprint density at radius 2 is 2.00 bits per heavy atom. The fourth-order valence-electron chi connectivity index (χ4n) is 1.92. The second-order valence-corrected chi connectivity index (χ2v) is 5.39. The normalized spacial score (nSPS) is 12.8. The Morgan fingerprint density at radius 1 is 1.15 bits per heavy atom. The fraction of sp³-hybridized carbons (Fsp3) is 0.286. The molecule has 2 aromatic rings. The van der Waals surface area contributed by atoms with Gasteiger partial charge in [0.2, 0.25) is 5.16 Å². The quantitative estimate of drug-likeness (QED) is 0.808. The first kappa shape index (κ1) is 13.1. The molecule has 0 bridgehead atoms. The van der Waals surface area contributed by atoms with Crippen LogP contribution < -0.4 is 4.74 Å². The monoisotopic (exact) mass is 286 g/mol. The Bertz CT molecular complexity index is 672. The first-order valence-electron chi connectivity index (χ1n) is 6.54. The summed E-state index contributed by atoms with van der Waals surface area (Å²) in [6, 6.07) is 7.80. The number of ether oxygens (including phenoxy) is 1. The number of thioether (sulfide) groups is 1. The lowest BCUT2D eigenvalue weighted by atomic mass is 10.1. The van der Waals surface area contributed by atoms with Gasteiger partial charge in [-0.15, -0.1) is 10.2 Å². The third-order valence-corrected chi connectivity index (χ3v) is 3.55. The molecule has 0 N–H and O–H groups in total. The average molecular weight is 286 g/mol. The Morgan fingerprint density at radius 3 is 2.80 bits per heavy atom. The van der Waals surface area contributed by atoms with E-state index in [0.29, 0.717) is 29.0 Å². The number of aliphatic imine (C=N–C) groups is 1. The van der Waals surface area contributed by atoms with Crippen molar-refractivity contribution in [2.24, 2.45) is 4.99 Å². The number of hydrogen-bond acceptors (Lipinski definition) is 6. The van der Waals surface area contributed by atoms with E-state index in [9.17, 15) is 0 Å². The summed E-state index contributed by atoms with van der Waals surface area (Å²) in [5.74, 6) is 2.02. The molecule has 102 valence electrons. The summed E-state index contributed by atoms with van der Waals surface area (Å²) in [5.41, 5.74) is 2.39. The molecule has 0 unspecified atom stereocenters. The lowest BCUT2D eigenvalue weighted by Crippen LogP contribution is -2.08. The zero-order chi connectivity index (χ0) is 13.9. The molecule has 0 spiro atoms. The van der Waals surface area contributed by atoms with Crippen LogP contribution in [0.15, 0.2) is 34.4 Å². The molecule has 0 atom stereocenters. The molecule has 1 aromatic carbocycles. The van der Waals surface area contributed by atoms with Gasteiger partial charge in [0.15, 0.2) is 11.6 Å². The van der Waals surface area contributed by atoms with Crippen LogP contribution in [-0.2, 0) is 0 Å². The number of aromatic nitrogens is 3. The highest BCUT2D eigenvalue weighted by atomic mass is 32.2. The lowest BCUT2D eigenvalue weighted by Gasteiger charge is -2.07. The van der Waals surface area contributed by atoms with Gasteiger partial charge in [-0.3, -0.25) is 0 Å². The van der Waals surface area contributed by atoms with Gasteiger partial charge in [0, 0.05) is 12.0 Å². The van der Waals surface area contributed by atoms with E-state index in [4.69, 9.17) is 4.74 Å². The highest BCUT2D eigenvalue weighted by Gasteiger charge is 2.20. The standard InChI is InChI=1S/C14H14N4OS/c1-3-11-15-10-8-6-5-7-9(10)12-13(19-11)16-14(18-17-12)20-4-2/h5-8H,3-4H2,1-2H3. The van der Waals surface area contributed by atoms with Crippen molar-refractivity contribution in [2.75, 3.05) is 5.75 Å². The minimum atomic E-state index is 0.488. The van der Waals surface area contributed by atoms with Crippen molar-refractivity contribution in [3.63, 3.8) is 0 Å². The SMILES string of the molecule is CCSc1nnc2c(n1)OC(CC)=Nc1ccccc1-2. The molecule has 0 aliphatic carbocycles. The number of hydrogen-bond donors (Lipinski definition) is 0. The Balaban J connectivity index is 2.17. The number of rotatable bonds is 3. The van der Waals surface area contributed by atoms with Crippen molar-refractivity contribution < 1.29 is 4.74 Å². The van der Waals surface area contributed by atoms with Crippen LogP contribution in [0.1, 0.15) is 20.3 Å².